The first-order valence-electron chi connectivity index (χ1n) is 9.64. The largest absolute Gasteiger partial charge is 0.457 e. The highest BCUT2D eigenvalue weighted by molar-refractivity contribution is 6.27. The van der Waals surface area contributed by atoms with Gasteiger partial charge in [0.25, 0.3) is 0 Å². The number of nitrogens with zero attached hydrogens (tertiary/aromatic N) is 1. The van der Waals surface area contributed by atoms with Gasteiger partial charge in [0.15, 0.2) is 17.3 Å². The quantitative estimate of drug-likeness (QED) is 0.737. The van der Waals surface area contributed by atoms with Crippen molar-refractivity contribution >= 4 is 17.3 Å². The molecule has 0 saturated carbocycles. The maximum absolute atomic E-state index is 13.4. The Morgan fingerprint density at radius 2 is 1.55 bits per heavy atom. The zero-order valence-corrected chi connectivity index (χ0v) is 16.2. The van der Waals surface area contributed by atoms with Crippen LogP contribution in [0, 0.1) is 5.41 Å². The minimum Gasteiger partial charge on any atom is -0.457 e. The Balaban J connectivity index is 1.76. The van der Waals surface area contributed by atoms with Crippen molar-refractivity contribution in [2.45, 2.75) is 32.6 Å². The zero-order valence-electron chi connectivity index (χ0n) is 16.2. The maximum atomic E-state index is 13.4. The van der Waals surface area contributed by atoms with Gasteiger partial charge < -0.3 is 4.74 Å². The molecule has 0 spiro atoms. The molecule has 1 unspecified atom stereocenters. The van der Waals surface area contributed by atoms with E-state index in [1.54, 1.807) is 48.8 Å². The summed E-state index contributed by atoms with van der Waals surface area (Å²) < 4.78 is 6.04. The molecule has 5 rings (SSSR count). The summed E-state index contributed by atoms with van der Waals surface area (Å²) >= 11 is 0. The number of allylic oxidation sites excluding steroid dienone is 4. The number of carbonyl (C=O) groups excluding carboxylic acids is 3. The molecule has 5 heteroatoms. The first-order chi connectivity index (χ1) is 13.9. The van der Waals surface area contributed by atoms with Crippen molar-refractivity contribution in [3.8, 4) is 0 Å². The molecule has 29 heavy (non-hydrogen) atoms. The first kappa shape index (κ1) is 17.7. The Kier molecular flexibility index (Phi) is 3.72. The molecule has 5 nitrogen and oxygen atoms in total. The summed E-state index contributed by atoms with van der Waals surface area (Å²) in [5.74, 6) is -0.668. The molecule has 2 aliphatic carbocycles. The summed E-state index contributed by atoms with van der Waals surface area (Å²) in [4.78, 5) is 43.9. The Hall–Kier alpha value is -3.34. The van der Waals surface area contributed by atoms with Crippen LogP contribution in [0.4, 0.5) is 0 Å². The molecule has 1 aliphatic heterocycles. The molecule has 1 atom stereocenters. The average molecular weight is 385 g/mol. The van der Waals surface area contributed by atoms with Crippen molar-refractivity contribution in [3.63, 3.8) is 0 Å². The minimum absolute atomic E-state index is 0.0382. The number of pyridine rings is 1. The van der Waals surface area contributed by atoms with Crippen LogP contribution in [-0.4, -0.2) is 22.3 Å². The van der Waals surface area contributed by atoms with E-state index >= 15 is 0 Å². The Morgan fingerprint density at radius 3 is 2.24 bits per heavy atom. The number of benzene rings is 1. The number of ketones is 3. The van der Waals surface area contributed by atoms with Crippen molar-refractivity contribution in [1.29, 1.82) is 0 Å². The van der Waals surface area contributed by atoms with Crippen molar-refractivity contribution in [3.05, 3.63) is 88.1 Å². The summed E-state index contributed by atoms with van der Waals surface area (Å²) in [6.45, 7) is 4.01. The third-order valence-electron chi connectivity index (χ3n) is 5.83. The highest BCUT2D eigenvalue weighted by atomic mass is 16.5. The van der Waals surface area contributed by atoms with Gasteiger partial charge in [0, 0.05) is 47.9 Å². The Morgan fingerprint density at radius 1 is 0.897 bits per heavy atom. The lowest BCUT2D eigenvalue weighted by atomic mass is 9.67. The summed E-state index contributed by atoms with van der Waals surface area (Å²) in [5.41, 5.74) is 1.94. The van der Waals surface area contributed by atoms with E-state index in [1.165, 1.54) is 0 Å². The van der Waals surface area contributed by atoms with Crippen LogP contribution in [0.3, 0.4) is 0 Å². The molecule has 1 aromatic heterocycles. The smallest absolute Gasteiger partial charge is 0.229 e. The van der Waals surface area contributed by atoms with Crippen molar-refractivity contribution in [1.82, 2.24) is 4.98 Å². The fraction of sp³-hybridized carbons (Fsp3) is 0.250. The number of hydrogen-bond acceptors (Lipinski definition) is 5. The van der Waals surface area contributed by atoms with Crippen LogP contribution in [0.5, 0.6) is 0 Å². The summed E-state index contributed by atoms with van der Waals surface area (Å²) in [5, 5.41) is 0. The lowest BCUT2D eigenvalue weighted by molar-refractivity contribution is -0.119. The van der Waals surface area contributed by atoms with Gasteiger partial charge in [-0.3, -0.25) is 19.4 Å². The SMILES string of the molecule is CC1(C)CC(=O)C2=C(C1)OC1=C(C(=O)c3ccccc3C1=O)C2c1ccncc1. The van der Waals surface area contributed by atoms with Crippen LogP contribution in [0.1, 0.15) is 58.9 Å². The number of fused-ring (bicyclic) bond motifs is 1. The van der Waals surface area contributed by atoms with Gasteiger partial charge in [0.05, 0.1) is 5.57 Å². The number of ether oxygens (including phenoxy) is 1. The lowest BCUT2D eigenvalue weighted by Crippen LogP contribution is -2.37. The second-order valence-corrected chi connectivity index (χ2v) is 8.54. The van der Waals surface area contributed by atoms with E-state index in [4.69, 9.17) is 4.74 Å². The van der Waals surface area contributed by atoms with Crippen LogP contribution in [0.15, 0.2) is 71.5 Å². The number of aromatic nitrogens is 1. The maximum Gasteiger partial charge on any atom is 0.229 e. The molecule has 2 heterocycles. The minimum atomic E-state index is -0.620. The highest BCUT2D eigenvalue weighted by Gasteiger charge is 2.48. The molecule has 0 radical (unpaired) electrons. The predicted molar refractivity (Wildman–Crippen MR) is 105 cm³/mol. The molecular formula is C24H19NO4. The highest BCUT2D eigenvalue weighted by Crippen LogP contribution is 2.51. The van der Waals surface area contributed by atoms with Gasteiger partial charge in [-0.05, 0) is 23.1 Å². The second-order valence-electron chi connectivity index (χ2n) is 8.54. The standard InChI is InChI=1S/C24H19NO4/c1-24(2)11-16(26)19-17(12-24)29-23-20(18(19)13-7-9-25-10-8-13)21(27)14-5-3-4-6-15(14)22(23)28/h3-10,18H,11-12H2,1-2H3. The van der Waals surface area contributed by atoms with Crippen molar-refractivity contribution in [2.75, 3.05) is 0 Å². The van der Waals surface area contributed by atoms with Gasteiger partial charge >= 0.3 is 0 Å². The topological polar surface area (TPSA) is 73.3 Å². The number of hydrogen-bond donors (Lipinski definition) is 0. The predicted octanol–water partition coefficient (Wildman–Crippen LogP) is 4.17. The van der Waals surface area contributed by atoms with Crippen LogP contribution < -0.4 is 0 Å². The van der Waals surface area contributed by atoms with E-state index in [0.29, 0.717) is 35.3 Å². The van der Waals surface area contributed by atoms with Gasteiger partial charge in [-0.1, -0.05) is 38.1 Å². The zero-order chi connectivity index (χ0) is 20.3. The van der Waals surface area contributed by atoms with Gasteiger partial charge in [-0.25, -0.2) is 0 Å². The van der Waals surface area contributed by atoms with E-state index in [1.807, 2.05) is 13.8 Å². The fourth-order valence-electron chi connectivity index (χ4n) is 4.58. The van der Waals surface area contributed by atoms with Crippen LogP contribution in [-0.2, 0) is 9.53 Å². The van der Waals surface area contributed by atoms with Gasteiger partial charge in [0.1, 0.15) is 5.76 Å². The number of Topliss-reactive ketones (excluding diaryl/α,β-unsaturated/α-hetero) is 3. The second kappa shape index (κ2) is 6.08. The molecular weight excluding hydrogens is 366 g/mol. The molecule has 144 valence electrons. The van der Waals surface area contributed by atoms with E-state index in [2.05, 4.69) is 4.98 Å². The third-order valence-corrected chi connectivity index (χ3v) is 5.83. The van der Waals surface area contributed by atoms with Crippen LogP contribution >= 0.6 is 0 Å². The molecule has 0 bridgehead atoms. The van der Waals surface area contributed by atoms with Gasteiger partial charge in [-0.15, -0.1) is 0 Å². The van der Waals surface area contributed by atoms with Crippen LogP contribution in [0.25, 0.3) is 0 Å². The van der Waals surface area contributed by atoms with E-state index in [0.717, 1.165) is 5.56 Å². The molecule has 0 fully saturated rings. The lowest BCUT2D eigenvalue weighted by Gasteiger charge is -2.39. The van der Waals surface area contributed by atoms with E-state index in [-0.39, 0.29) is 34.1 Å². The first-order valence-corrected chi connectivity index (χ1v) is 9.64. The normalized spacial score (nSPS) is 22.7. The van der Waals surface area contributed by atoms with Gasteiger partial charge in [0.2, 0.25) is 5.78 Å². The van der Waals surface area contributed by atoms with Gasteiger partial charge in [-0.2, -0.15) is 0 Å². The summed E-state index contributed by atoms with van der Waals surface area (Å²) in [6, 6.07) is 10.3. The van der Waals surface area contributed by atoms with Crippen molar-refractivity contribution < 1.29 is 19.1 Å². The molecule has 0 amide bonds. The summed E-state index contributed by atoms with van der Waals surface area (Å²) in [6.07, 6.45) is 4.17. The van der Waals surface area contributed by atoms with E-state index in [9.17, 15) is 14.4 Å². The number of rotatable bonds is 1. The molecule has 0 saturated heterocycles. The Labute approximate surface area is 168 Å². The van der Waals surface area contributed by atoms with Crippen LogP contribution in [0.2, 0.25) is 0 Å². The fourth-order valence-corrected chi connectivity index (χ4v) is 4.58. The molecule has 0 N–H and O–H groups in total. The third kappa shape index (κ3) is 2.61. The Bertz CT molecular complexity index is 1150. The average Bonchev–Trinajstić information content (AvgIpc) is 2.70. The molecule has 1 aromatic carbocycles. The summed E-state index contributed by atoms with van der Waals surface area (Å²) in [7, 11) is 0. The number of carbonyl (C=O) groups is 3. The molecule has 3 aliphatic rings. The monoisotopic (exact) mass is 385 g/mol. The molecule has 2 aromatic rings. The van der Waals surface area contributed by atoms with Crippen molar-refractivity contribution in [2.24, 2.45) is 5.41 Å². The van der Waals surface area contributed by atoms with E-state index < -0.39 is 5.92 Å².